The highest BCUT2D eigenvalue weighted by Gasteiger charge is 2.57. The SMILES string of the molecule is O=C1C[C@H]2CCC[C@H]3OC(=O)[C@@H]1[C@@H]23. The zero-order valence-electron chi connectivity index (χ0n) is 7.36. The normalized spacial score (nSPS) is 47.7. The molecule has 0 aromatic heterocycles. The molecule has 0 aromatic carbocycles. The lowest BCUT2D eigenvalue weighted by Crippen LogP contribution is -2.27. The summed E-state index contributed by atoms with van der Waals surface area (Å²) < 4.78 is 5.21. The maximum atomic E-state index is 11.5. The molecule has 3 aliphatic rings. The van der Waals surface area contributed by atoms with E-state index in [9.17, 15) is 9.59 Å². The molecule has 4 atom stereocenters. The van der Waals surface area contributed by atoms with E-state index in [2.05, 4.69) is 0 Å². The maximum absolute atomic E-state index is 11.5. The van der Waals surface area contributed by atoms with Crippen LogP contribution in [0.3, 0.4) is 0 Å². The molecule has 2 saturated carbocycles. The molecule has 0 bridgehead atoms. The van der Waals surface area contributed by atoms with Gasteiger partial charge in [0.1, 0.15) is 17.8 Å². The van der Waals surface area contributed by atoms with Gasteiger partial charge in [0, 0.05) is 12.3 Å². The summed E-state index contributed by atoms with van der Waals surface area (Å²) in [6, 6.07) is 0. The highest BCUT2D eigenvalue weighted by Crippen LogP contribution is 2.49. The lowest BCUT2D eigenvalue weighted by atomic mass is 9.78. The molecule has 1 aliphatic heterocycles. The summed E-state index contributed by atoms with van der Waals surface area (Å²) in [6.45, 7) is 0. The van der Waals surface area contributed by atoms with Crippen LogP contribution in [0, 0.1) is 17.8 Å². The summed E-state index contributed by atoms with van der Waals surface area (Å²) in [5, 5.41) is 0. The molecule has 13 heavy (non-hydrogen) atoms. The molecule has 0 amide bonds. The van der Waals surface area contributed by atoms with Crippen molar-refractivity contribution in [3.8, 4) is 0 Å². The van der Waals surface area contributed by atoms with E-state index in [1.165, 1.54) is 0 Å². The zero-order chi connectivity index (χ0) is 9.00. The third-order valence-electron chi connectivity index (χ3n) is 3.75. The molecule has 0 N–H and O–H groups in total. The number of hydrogen-bond donors (Lipinski definition) is 0. The summed E-state index contributed by atoms with van der Waals surface area (Å²) in [5.74, 6) is 0.195. The van der Waals surface area contributed by atoms with E-state index >= 15 is 0 Å². The smallest absolute Gasteiger partial charge is 0.317 e. The van der Waals surface area contributed by atoms with Crippen molar-refractivity contribution >= 4 is 11.8 Å². The van der Waals surface area contributed by atoms with Crippen LogP contribution < -0.4 is 0 Å². The number of hydrogen-bond acceptors (Lipinski definition) is 3. The summed E-state index contributed by atoms with van der Waals surface area (Å²) in [4.78, 5) is 22.9. The van der Waals surface area contributed by atoms with Crippen LogP contribution in [-0.2, 0) is 14.3 Å². The van der Waals surface area contributed by atoms with Gasteiger partial charge < -0.3 is 4.74 Å². The van der Waals surface area contributed by atoms with Gasteiger partial charge in [-0.1, -0.05) is 0 Å². The quantitative estimate of drug-likeness (QED) is 0.411. The van der Waals surface area contributed by atoms with Crippen LogP contribution in [-0.4, -0.2) is 17.9 Å². The fraction of sp³-hybridized carbons (Fsp3) is 0.800. The number of carbonyl (C=O) groups is 2. The fourth-order valence-corrected chi connectivity index (χ4v) is 3.24. The largest absolute Gasteiger partial charge is 0.461 e. The van der Waals surface area contributed by atoms with Crippen molar-refractivity contribution in [3.05, 3.63) is 0 Å². The van der Waals surface area contributed by atoms with Crippen LogP contribution >= 0.6 is 0 Å². The topological polar surface area (TPSA) is 43.4 Å². The van der Waals surface area contributed by atoms with Gasteiger partial charge in [-0.3, -0.25) is 9.59 Å². The molecule has 1 saturated heterocycles. The highest BCUT2D eigenvalue weighted by atomic mass is 16.6. The molecular formula is C10H12O3. The van der Waals surface area contributed by atoms with Crippen LogP contribution in [0.2, 0.25) is 0 Å². The Balaban J connectivity index is 2.00. The first-order valence-corrected chi connectivity index (χ1v) is 5.00. The average Bonchev–Trinajstić information content (AvgIpc) is 2.57. The van der Waals surface area contributed by atoms with Gasteiger partial charge in [0.05, 0.1) is 0 Å². The van der Waals surface area contributed by atoms with Crippen molar-refractivity contribution in [2.45, 2.75) is 31.8 Å². The maximum Gasteiger partial charge on any atom is 0.317 e. The molecule has 3 rings (SSSR count). The predicted octanol–water partition coefficient (Wildman–Crippen LogP) is 0.917. The monoisotopic (exact) mass is 180 g/mol. The Bertz CT molecular complexity index is 258. The number of ether oxygens (including phenoxy) is 1. The van der Waals surface area contributed by atoms with E-state index in [-0.39, 0.29) is 29.7 Å². The summed E-state index contributed by atoms with van der Waals surface area (Å²) in [5.41, 5.74) is 0. The third-order valence-corrected chi connectivity index (χ3v) is 3.75. The van der Waals surface area contributed by atoms with E-state index in [4.69, 9.17) is 4.74 Å². The minimum atomic E-state index is -0.379. The Labute approximate surface area is 76.4 Å². The van der Waals surface area contributed by atoms with Crippen molar-refractivity contribution in [2.75, 3.05) is 0 Å². The number of carbonyl (C=O) groups excluding carboxylic acids is 2. The van der Waals surface area contributed by atoms with Crippen molar-refractivity contribution < 1.29 is 14.3 Å². The van der Waals surface area contributed by atoms with Gasteiger partial charge in [0.2, 0.25) is 0 Å². The van der Waals surface area contributed by atoms with E-state index in [1.54, 1.807) is 0 Å². The van der Waals surface area contributed by atoms with Gasteiger partial charge in [-0.2, -0.15) is 0 Å². The van der Waals surface area contributed by atoms with Crippen molar-refractivity contribution in [2.24, 2.45) is 17.8 Å². The minimum Gasteiger partial charge on any atom is -0.461 e. The summed E-state index contributed by atoms with van der Waals surface area (Å²) in [6.07, 6.45) is 3.89. The number of rotatable bonds is 0. The second kappa shape index (κ2) is 2.34. The fourth-order valence-electron chi connectivity index (χ4n) is 3.24. The Hall–Kier alpha value is -0.860. The van der Waals surface area contributed by atoms with Gasteiger partial charge in [0.15, 0.2) is 0 Å². The van der Waals surface area contributed by atoms with Gasteiger partial charge in [0.25, 0.3) is 0 Å². The predicted molar refractivity (Wildman–Crippen MR) is 43.8 cm³/mol. The van der Waals surface area contributed by atoms with Crippen LogP contribution in [0.25, 0.3) is 0 Å². The van der Waals surface area contributed by atoms with Gasteiger partial charge >= 0.3 is 5.97 Å². The van der Waals surface area contributed by atoms with Crippen molar-refractivity contribution in [1.82, 2.24) is 0 Å². The van der Waals surface area contributed by atoms with Crippen LogP contribution in [0.4, 0.5) is 0 Å². The molecule has 70 valence electrons. The number of ketones is 1. The molecule has 0 spiro atoms. The lowest BCUT2D eigenvalue weighted by molar-refractivity contribution is -0.147. The molecule has 3 nitrogen and oxygen atoms in total. The van der Waals surface area contributed by atoms with Gasteiger partial charge in [-0.25, -0.2) is 0 Å². The second-order valence-electron chi connectivity index (χ2n) is 4.39. The molecule has 0 aromatic rings. The van der Waals surface area contributed by atoms with Crippen molar-refractivity contribution in [3.63, 3.8) is 0 Å². The lowest BCUT2D eigenvalue weighted by Gasteiger charge is -2.27. The highest BCUT2D eigenvalue weighted by molar-refractivity contribution is 6.02. The van der Waals surface area contributed by atoms with E-state index < -0.39 is 0 Å². The van der Waals surface area contributed by atoms with E-state index in [0.717, 1.165) is 19.3 Å². The Morgan fingerprint density at radius 3 is 2.92 bits per heavy atom. The molecule has 0 radical (unpaired) electrons. The molecule has 3 fully saturated rings. The first kappa shape index (κ1) is 7.54. The standard InChI is InChI=1S/C10H12O3/c11-6-4-5-2-1-3-7-8(5)9(6)10(12)13-7/h5,7-9H,1-4H2/t5-,7-,8+,9+/m1/s1. The Morgan fingerprint density at radius 1 is 1.23 bits per heavy atom. The van der Waals surface area contributed by atoms with Crippen LogP contribution in [0.5, 0.6) is 0 Å². The number of esters is 1. The van der Waals surface area contributed by atoms with E-state index in [1.807, 2.05) is 0 Å². The van der Waals surface area contributed by atoms with Crippen LogP contribution in [0.1, 0.15) is 25.7 Å². The molecule has 2 aliphatic carbocycles. The molecule has 0 unspecified atom stereocenters. The average molecular weight is 180 g/mol. The van der Waals surface area contributed by atoms with E-state index in [0.29, 0.717) is 12.3 Å². The van der Waals surface area contributed by atoms with Crippen LogP contribution in [0.15, 0.2) is 0 Å². The second-order valence-corrected chi connectivity index (χ2v) is 4.39. The number of Topliss-reactive ketones (excluding diaryl/α,β-unsaturated/α-hetero) is 1. The third kappa shape index (κ3) is 0.847. The van der Waals surface area contributed by atoms with Crippen molar-refractivity contribution in [1.29, 1.82) is 0 Å². The first-order valence-electron chi connectivity index (χ1n) is 5.00. The molecular weight excluding hydrogens is 168 g/mol. The zero-order valence-corrected chi connectivity index (χ0v) is 7.36. The Morgan fingerprint density at radius 2 is 2.08 bits per heavy atom. The first-order chi connectivity index (χ1) is 6.27. The summed E-state index contributed by atoms with van der Waals surface area (Å²) in [7, 11) is 0. The molecule has 3 heteroatoms. The van der Waals surface area contributed by atoms with Gasteiger partial charge in [-0.05, 0) is 25.2 Å². The Kier molecular flexibility index (Phi) is 1.35. The minimum absolute atomic E-state index is 0.0719. The van der Waals surface area contributed by atoms with Gasteiger partial charge in [-0.15, -0.1) is 0 Å². The summed E-state index contributed by atoms with van der Waals surface area (Å²) >= 11 is 0. The molecule has 1 heterocycles.